The van der Waals surface area contributed by atoms with E-state index in [0.717, 1.165) is 23.8 Å². The van der Waals surface area contributed by atoms with Gasteiger partial charge in [-0.1, -0.05) is 33.3 Å². The van der Waals surface area contributed by atoms with Crippen molar-refractivity contribution in [2.75, 3.05) is 35.0 Å². The Morgan fingerprint density at radius 2 is 1.50 bits per heavy atom. The average Bonchev–Trinajstić information content (AvgIpc) is 2.95. The summed E-state index contributed by atoms with van der Waals surface area (Å²) >= 11 is 0. The molecule has 0 aliphatic rings. The number of hydrogen-bond donors (Lipinski definition) is 1. The van der Waals surface area contributed by atoms with E-state index in [4.69, 9.17) is 28.7 Å². The lowest BCUT2D eigenvalue weighted by Gasteiger charge is -2.24. The molecule has 0 fully saturated rings. The number of rotatable bonds is 13. The van der Waals surface area contributed by atoms with Crippen molar-refractivity contribution in [3.63, 3.8) is 0 Å². The summed E-state index contributed by atoms with van der Waals surface area (Å²) in [5.41, 5.74) is 3.14. The fourth-order valence-corrected chi connectivity index (χ4v) is 4.74. The van der Waals surface area contributed by atoms with Crippen LogP contribution in [0.3, 0.4) is 0 Å². The Morgan fingerprint density at radius 1 is 0.868 bits per heavy atom. The molecule has 8 nitrogen and oxygen atoms in total. The molecule has 3 aromatic rings. The van der Waals surface area contributed by atoms with Gasteiger partial charge in [-0.2, -0.15) is 0 Å². The molecule has 3 rings (SSSR count). The van der Waals surface area contributed by atoms with Gasteiger partial charge < -0.3 is 29.0 Å². The molecule has 2 aromatic carbocycles. The number of esters is 1. The largest absolute Gasteiger partial charge is 0.493 e. The molecule has 0 saturated carbocycles. The Bertz CT molecular complexity index is 1260. The van der Waals surface area contributed by atoms with Crippen LogP contribution in [-0.2, 0) is 11.3 Å². The summed E-state index contributed by atoms with van der Waals surface area (Å²) < 4.78 is 27.8. The van der Waals surface area contributed by atoms with Crippen LogP contribution in [0.25, 0.3) is 22.0 Å². The molecule has 2 unspecified atom stereocenters. The van der Waals surface area contributed by atoms with Gasteiger partial charge in [-0.15, -0.1) is 0 Å². The van der Waals surface area contributed by atoms with E-state index in [0.29, 0.717) is 57.8 Å². The molecule has 0 spiro atoms. The summed E-state index contributed by atoms with van der Waals surface area (Å²) in [5.74, 6) is 2.27. The van der Waals surface area contributed by atoms with E-state index in [1.54, 1.807) is 35.4 Å². The van der Waals surface area contributed by atoms with Gasteiger partial charge in [0.2, 0.25) is 0 Å². The third-order valence-corrected chi connectivity index (χ3v) is 7.02. The summed E-state index contributed by atoms with van der Waals surface area (Å²) in [5, 5.41) is 4.37. The van der Waals surface area contributed by atoms with Crippen LogP contribution in [0.1, 0.15) is 56.6 Å². The van der Waals surface area contributed by atoms with Crippen LogP contribution in [0.2, 0.25) is 0 Å². The smallest absolute Gasteiger partial charge is 0.340 e. The Morgan fingerprint density at radius 3 is 2.08 bits per heavy atom. The zero-order valence-corrected chi connectivity index (χ0v) is 23.8. The minimum atomic E-state index is -0.435. The number of hydrogen-bond acceptors (Lipinski definition) is 8. The fourth-order valence-electron chi connectivity index (χ4n) is 4.74. The van der Waals surface area contributed by atoms with Crippen molar-refractivity contribution in [1.82, 2.24) is 10.3 Å². The van der Waals surface area contributed by atoms with E-state index >= 15 is 0 Å². The summed E-state index contributed by atoms with van der Waals surface area (Å²) in [6.45, 7) is 9.02. The zero-order chi connectivity index (χ0) is 27.8. The molecule has 0 aliphatic heterocycles. The van der Waals surface area contributed by atoms with Crippen LogP contribution in [0.4, 0.5) is 0 Å². The molecule has 8 heteroatoms. The van der Waals surface area contributed by atoms with Crippen molar-refractivity contribution in [3.05, 3.63) is 41.6 Å². The standard InChI is InChI=1S/C30H40N2O6/c1-9-18(4)21(10-2)31-17-23-29(30(33)38-11-3)28(19-12-13-24(34-5)25(14-19)35-6)20-15-26(36-7)27(37-8)16-22(20)32-23/h12-16,18,21,31H,9-11,17H2,1-8H3. The lowest BCUT2D eigenvalue weighted by molar-refractivity contribution is 0.0525. The Labute approximate surface area is 225 Å². The normalized spacial score (nSPS) is 12.6. The SMILES string of the molecule is CCOC(=O)c1c(CNC(CC)C(C)CC)nc2cc(OC)c(OC)cc2c1-c1ccc(OC)c(OC)c1. The molecular formula is C30H40N2O6. The fraction of sp³-hybridized carbons (Fsp3) is 0.467. The first kappa shape index (κ1) is 29.0. The van der Waals surface area contributed by atoms with Crippen LogP contribution in [0.5, 0.6) is 23.0 Å². The van der Waals surface area contributed by atoms with E-state index in [1.165, 1.54) is 0 Å². The van der Waals surface area contributed by atoms with Gasteiger partial charge >= 0.3 is 5.97 Å². The Hall–Kier alpha value is -3.52. The van der Waals surface area contributed by atoms with Gasteiger partial charge in [0.15, 0.2) is 23.0 Å². The van der Waals surface area contributed by atoms with Crippen LogP contribution in [-0.4, -0.2) is 52.0 Å². The number of benzene rings is 2. The van der Waals surface area contributed by atoms with Crippen LogP contribution in [0, 0.1) is 5.92 Å². The van der Waals surface area contributed by atoms with Gasteiger partial charge in [-0.25, -0.2) is 4.79 Å². The topological polar surface area (TPSA) is 88.1 Å². The number of nitrogens with zero attached hydrogens (tertiary/aromatic N) is 1. The highest BCUT2D eigenvalue weighted by Crippen LogP contribution is 2.41. The second kappa shape index (κ2) is 13.3. The third kappa shape index (κ3) is 5.96. The molecule has 0 radical (unpaired) electrons. The summed E-state index contributed by atoms with van der Waals surface area (Å²) in [6.07, 6.45) is 2.01. The van der Waals surface area contributed by atoms with Crippen LogP contribution in [0.15, 0.2) is 30.3 Å². The predicted octanol–water partition coefficient (Wildman–Crippen LogP) is 6.03. The molecule has 0 bridgehead atoms. The molecule has 0 saturated heterocycles. The van der Waals surface area contributed by atoms with Crippen molar-refractivity contribution >= 4 is 16.9 Å². The van der Waals surface area contributed by atoms with Gasteiger partial charge in [-0.05, 0) is 43.0 Å². The molecule has 1 aromatic heterocycles. The minimum absolute atomic E-state index is 0.242. The number of fused-ring (bicyclic) bond motifs is 1. The third-order valence-electron chi connectivity index (χ3n) is 7.02. The van der Waals surface area contributed by atoms with E-state index < -0.39 is 5.97 Å². The van der Waals surface area contributed by atoms with Gasteiger partial charge in [-0.3, -0.25) is 4.98 Å². The molecule has 0 amide bonds. The quantitative estimate of drug-likeness (QED) is 0.271. The van der Waals surface area contributed by atoms with Gasteiger partial charge in [0.1, 0.15) is 0 Å². The molecule has 1 N–H and O–H groups in total. The number of methoxy groups -OCH3 is 4. The maximum absolute atomic E-state index is 13.6. The van der Waals surface area contributed by atoms with E-state index in [1.807, 2.05) is 30.3 Å². The summed E-state index contributed by atoms with van der Waals surface area (Å²) in [4.78, 5) is 18.5. The van der Waals surface area contributed by atoms with Crippen molar-refractivity contribution in [2.24, 2.45) is 5.92 Å². The average molecular weight is 525 g/mol. The first-order valence-corrected chi connectivity index (χ1v) is 13.1. The maximum Gasteiger partial charge on any atom is 0.340 e. The lowest BCUT2D eigenvalue weighted by Crippen LogP contribution is -2.34. The molecule has 0 aliphatic carbocycles. The molecule has 2 atom stereocenters. The van der Waals surface area contributed by atoms with Crippen molar-refractivity contribution in [2.45, 2.75) is 53.1 Å². The number of pyridine rings is 1. The number of aromatic nitrogens is 1. The molecule has 38 heavy (non-hydrogen) atoms. The number of ether oxygens (including phenoxy) is 5. The van der Waals surface area contributed by atoms with Crippen molar-refractivity contribution in [3.8, 4) is 34.1 Å². The maximum atomic E-state index is 13.6. The van der Waals surface area contributed by atoms with Crippen LogP contribution < -0.4 is 24.3 Å². The zero-order valence-electron chi connectivity index (χ0n) is 23.8. The number of carbonyl (C=O) groups is 1. The van der Waals surface area contributed by atoms with Crippen molar-refractivity contribution in [1.29, 1.82) is 0 Å². The van der Waals surface area contributed by atoms with E-state index in [9.17, 15) is 4.79 Å². The highest BCUT2D eigenvalue weighted by Gasteiger charge is 2.26. The highest BCUT2D eigenvalue weighted by molar-refractivity contribution is 6.08. The molecule has 206 valence electrons. The number of nitrogens with one attached hydrogen (secondary N) is 1. The highest BCUT2D eigenvalue weighted by atomic mass is 16.5. The monoisotopic (exact) mass is 524 g/mol. The van der Waals surface area contributed by atoms with Gasteiger partial charge in [0, 0.05) is 29.6 Å². The van der Waals surface area contributed by atoms with Crippen LogP contribution >= 0.6 is 0 Å². The number of carbonyl (C=O) groups excluding carboxylic acids is 1. The predicted molar refractivity (Wildman–Crippen MR) is 150 cm³/mol. The summed E-state index contributed by atoms with van der Waals surface area (Å²) in [7, 11) is 6.34. The Kier molecular flexibility index (Phi) is 10.2. The van der Waals surface area contributed by atoms with E-state index in [-0.39, 0.29) is 12.6 Å². The van der Waals surface area contributed by atoms with Gasteiger partial charge in [0.05, 0.1) is 51.8 Å². The Balaban J connectivity index is 2.38. The second-order valence-electron chi connectivity index (χ2n) is 9.10. The first-order chi connectivity index (χ1) is 18.4. The second-order valence-corrected chi connectivity index (χ2v) is 9.10. The van der Waals surface area contributed by atoms with Crippen molar-refractivity contribution < 1.29 is 28.5 Å². The lowest BCUT2D eigenvalue weighted by atomic mass is 9.92. The van der Waals surface area contributed by atoms with E-state index in [2.05, 4.69) is 26.1 Å². The summed E-state index contributed by atoms with van der Waals surface area (Å²) in [6, 6.07) is 9.55. The molecule has 1 heterocycles. The first-order valence-electron chi connectivity index (χ1n) is 13.1. The van der Waals surface area contributed by atoms with Gasteiger partial charge in [0.25, 0.3) is 0 Å². The molecular weight excluding hydrogens is 484 g/mol. The minimum Gasteiger partial charge on any atom is -0.493 e.